The van der Waals surface area contributed by atoms with Gasteiger partial charge in [-0.05, 0) is 24.6 Å². The van der Waals surface area contributed by atoms with E-state index in [9.17, 15) is 0 Å². The largest absolute Gasteiger partial charge is 0.333 e. The standard InChI is InChI=1S/C16H18N2.2C2H6/c1-13-7-6-8-14(11-13)12-16(17)18(2)15-9-4-3-5-10-15;2*1-2/h3-11,17H,12H2,1-2H3;2*1-2H3. The molecule has 2 heteroatoms. The Hall–Kier alpha value is -2.09. The van der Waals surface area contributed by atoms with Crippen molar-refractivity contribution in [2.75, 3.05) is 11.9 Å². The third-order valence-electron chi connectivity index (χ3n) is 3.00. The minimum absolute atomic E-state index is 0.604. The first kappa shape index (κ1) is 19.9. The summed E-state index contributed by atoms with van der Waals surface area (Å²) in [7, 11) is 1.94. The summed E-state index contributed by atoms with van der Waals surface area (Å²) in [5.74, 6) is 0.604. The molecule has 0 amide bonds. The van der Waals surface area contributed by atoms with Crippen LogP contribution in [0, 0.1) is 12.3 Å². The highest BCUT2D eigenvalue weighted by Crippen LogP contribution is 2.13. The number of benzene rings is 2. The van der Waals surface area contributed by atoms with Gasteiger partial charge in [0.15, 0.2) is 0 Å². The summed E-state index contributed by atoms with van der Waals surface area (Å²) in [5.41, 5.74) is 3.47. The Balaban J connectivity index is 0.00000102. The van der Waals surface area contributed by atoms with Crippen LogP contribution in [0.4, 0.5) is 5.69 Å². The highest BCUT2D eigenvalue weighted by Gasteiger charge is 2.07. The average Bonchev–Trinajstić information content (AvgIpc) is 2.58. The average molecular weight is 298 g/mol. The summed E-state index contributed by atoms with van der Waals surface area (Å²) < 4.78 is 0. The van der Waals surface area contributed by atoms with Crippen LogP contribution in [0.15, 0.2) is 54.6 Å². The number of nitrogens with zero attached hydrogens (tertiary/aromatic N) is 1. The van der Waals surface area contributed by atoms with E-state index in [1.165, 1.54) is 11.1 Å². The van der Waals surface area contributed by atoms with Crippen LogP contribution in [-0.2, 0) is 6.42 Å². The van der Waals surface area contributed by atoms with Crippen LogP contribution in [0.2, 0.25) is 0 Å². The summed E-state index contributed by atoms with van der Waals surface area (Å²) in [6.45, 7) is 10.1. The normalized spacial score (nSPS) is 8.82. The van der Waals surface area contributed by atoms with Gasteiger partial charge >= 0.3 is 0 Å². The molecule has 0 bridgehead atoms. The zero-order chi connectivity index (χ0) is 17.0. The molecule has 0 unspecified atom stereocenters. The maximum Gasteiger partial charge on any atom is 0.104 e. The van der Waals surface area contributed by atoms with Gasteiger partial charge in [0.25, 0.3) is 0 Å². The van der Waals surface area contributed by atoms with Crippen molar-refractivity contribution in [2.24, 2.45) is 0 Å². The molecule has 0 heterocycles. The Labute approximate surface area is 136 Å². The van der Waals surface area contributed by atoms with Gasteiger partial charge in [0, 0.05) is 19.2 Å². The summed E-state index contributed by atoms with van der Waals surface area (Å²) in [6.07, 6.45) is 0.660. The summed E-state index contributed by atoms with van der Waals surface area (Å²) >= 11 is 0. The highest BCUT2D eigenvalue weighted by molar-refractivity contribution is 5.96. The smallest absolute Gasteiger partial charge is 0.104 e. The quantitative estimate of drug-likeness (QED) is 0.571. The molecule has 0 aromatic heterocycles. The number of rotatable bonds is 3. The topological polar surface area (TPSA) is 27.1 Å². The number of anilines is 1. The molecule has 0 aliphatic carbocycles. The van der Waals surface area contributed by atoms with Crippen molar-refractivity contribution in [3.63, 3.8) is 0 Å². The lowest BCUT2D eigenvalue weighted by Crippen LogP contribution is -2.27. The Morgan fingerprint density at radius 2 is 1.50 bits per heavy atom. The van der Waals surface area contributed by atoms with E-state index in [0.717, 1.165) is 5.69 Å². The Morgan fingerprint density at radius 3 is 2.05 bits per heavy atom. The van der Waals surface area contributed by atoms with Gasteiger partial charge in [0.1, 0.15) is 5.84 Å². The fourth-order valence-electron chi connectivity index (χ4n) is 1.94. The molecule has 1 N–H and O–H groups in total. The van der Waals surface area contributed by atoms with Gasteiger partial charge in [-0.2, -0.15) is 0 Å². The maximum atomic E-state index is 8.17. The van der Waals surface area contributed by atoms with Gasteiger partial charge in [-0.25, -0.2) is 0 Å². The van der Waals surface area contributed by atoms with Crippen molar-refractivity contribution in [1.82, 2.24) is 0 Å². The number of hydrogen-bond donors (Lipinski definition) is 1. The minimum atomic E-state index is 0.604. The number of hydrogen-bond acceptors (Lipinski definition) is 1. The molecule has 0 spiro atoms. The van der Waals surface area contributed by atoms with Crippen LogP contribution in [0.3, 0.4) is 0 Å². The second-order valence-corrected chi connectivity index (χ2v) is 4.51. The van der Waals surface area contributed by atoms with Crippen LogP contribution in [0.5, 0.6) is 0 Å². The van der Waals surface area contributed by atoms with E-state index in [1.54, 1.807) is 0 Å². The number of nitrogens with one attached hydrogen (secondary N) is 1. The van der Waals surface area contributed by atoms with E-state index < -0.39 is 0 Å². The molecule has 2 nitrogen and oxygen atoms in total. The number of amidine groups is 1. The molecule has 0 aliphatic heterocycles. The van der Waals surface area contributed by atoms with Crippen molar-refractivity contribution >= 4 is 11.5 Å². The summed E-state index contributed by atoms with van der Waals surface area (Å²) in [5, 5.41) is 8.17. The van der Waals surface area contributed by atoms with Crippen LogP contribution >= 0.6 is 0 Å². The monoisotopic (exact) mass is 298 g/mol. The van der Waals surface area contributed by atoms with E-state index >= 15 is 0 Å². The molecule has 0 radical (unpaired) electrons. The third kappa shape index (κ3) is 6.57. The van der Waals surface area contributed by atoms with Crippen LogP contribution < -0.4 is 4.90 Å². The second-order valence-electron chi connectivity index (χ2n) is 4.51. The number of aryl methyl sites for hydroxylation is 1. The van der Waals surface area contributed by atoms with Gasteiger partial charge in [-0.15, -0.1) is 0 Å². The SMILES string of the molecule is CC.CC.Cc1cccc(CC(=N)N(C)c2ccccc2)c1. The predicted molar refractivity (Wildman–Crippen MR) is 100 cm³/mol. The molecule has 0 saturated heterocycles. The van der Waals surface area contributed by atoms with Gasteiger partial charge in [0.05, 0.1) is 0 Å². The first-order valence-corrected chi connectivity index (χ1v) is 8.08. The van der Waals surface area contributed by atoms with Crippen LogP contribution in [-0.4, -0.2) is 12.9 Å². The number of para-hydroxylation sites is 1. The molecule has 0 atom stereocenters. The van der Waals surface area contributed by atoms with E-state index in [4.69, 9.17) is 5.41 Å². The van der Waals surface area contributed by atoms with E-state index in [1.807, 2.05) is 76.0 Å². The summed E-state index contributed by atoms with van der Waals surface area (Å²) in [6, 6.07) is 18.3. The molecule has 0 saturated carbocycles. The van der Waals surface area contributed by atoms with Crippen LogP contribution in [0.25, 0.3) is 0 Å². The van der Waals surface area contributed by atoms with Gasteiger partial charge in [0.2, 0.25) is 0 Å². The lowest BCUT2D eigenvalue weighted by atomic mass is 10.1. The molecule has 22 heavy (non-hydrogen) atoms. The van der Waals surface area contributed by atoms with Crippen molar-refractivity contribution < 1.29 is 0 Å². The van der Waals surface area contributed by atoms with Crippen molar-refractivity contribution in [3.05, 3.63) is 65.7 Å². The Bertz CT molecular complexity index is 532. The first-order valence-electron chi connectivity index (χ1n) is 8.08. The lowest BCUT2D eigenvalue weighted by molar-refractivity contribution is 1.14. The highest BCUT2D eigenvalue weighted by atomic mass is 15.1. The molecule has 2 rings (SSSR count). The van der Waals surface area contributed by atoms with Crippen molar-refractivity contribution in [2.45, 2.75) is 41.0 Å². The molecule has 2 aromatic carbocycles. The third-order valence-corrected chi connectivity index (χ3v) is 3.00. The van der Waals surface area contributed by atoms with E-state index in [0.29, 0.717) is 12.3 Å². The van der Waals surface area contributed by atoms with Crippen molar-refractivity contribution in [3.8, 4) is 0 Å². The van der Waals surface area contributed by atoms with Crippen LogP contribution in [0.1, 0.15) is 38.8 Å². The Morgan fingerprint density at radius 1 is 0.909 bits per heavy atom. The summed E-state index contributed by atoms with van der Waals surface area (Å²) in [4.78, 5) is 1.92. The lowest BCUT2D eigenvalue weighted by Gasteiger charge is -2.20. The molecular weight excluding hydrogens is 268 g/mol. The van der Waals surface area contributed by atoms with Crippen molar-refractivity contribution in [1.29, 1.82) is 5.41 Å². The molecular formula is C20H30N2. The Kier molecular flexibility index (Phi) is 10.5. The van der Waals surface area contributed by atoms with Gasteiger partial charge in [-0.1, -0.05) is 75.7 Å². The first-order chi connectivity index (χ1) is 10.7. The molecule has 2 aromatic rings. The van der Waals surface area contributed by atoms with Gasteiger partial charge in [-0.3, -0.25) is 5.41 Å². The maximum absolute atomic E-state index is 8.17. The van der Waals surface area contributed by atoms with E-state index in [2.05, 4.69) is 25.1 Å². The molecule has 0 fully saturated rings. The molecule has 0 aliphatic rings. The van der Waals surface area contributed by atoms with Gasteiger partial charge < -0.3 is 4.90 Å². The predicted octanol–water partition coefficient (Wildman–Crippen LogP) is 5.70. The second kappa shape index (κ2) is 11.6. The number of likely N-dealkylation sites (N-methyl/N-ethyl adjacent to an activating group) is 1. The minimum Gasteiger partial charge on any atom is -0.333 e. The molecule has 120 valence electrons. The fraction of sp³-hybridized carbons (Fsp3) is 0.350. The van der Waals surface area contributed by atoms with E-state index in [-0.39, 0.29) is 0 Å². The zero-order valence-electron chi connectivity index (χ0n) is 14.9. The fourth-order valence-corrected chi connectivity index (χ4v) is 1.94. The zero-order valence-corrected chi connectivity index (χ0v) is 14.9.